The second kappa shape index (κ2) is 6.28. The highest BCUT2D eigenvalue weighted by Crippen LogP contribution is 2.32. The van der Waals surface area contributed by atoms with Gasteiger partial charge in [0.15, 0.2) is 5.11 Å². The first kappa shape index (κ1) is 15.9. The highest BCUT2D eigenvalue weighted by atomic mass is 32.1. The topological polar surface area (TPSA) is 44.4 Å². The van der Waals surface area contributed by atoms with Crippen LogP contribution in [0.25, 0.3) is 0 Å². The molecule has 0 unspecified atom stereocenters. The number of hydrogen-bond acceptors (Lipinski definition) is 2. The Bertz CT molecular complexity index is 684. The number of allylic oxidation sites excluding steroid dienone is 1. The van der Waals surface area contributed by atoms with Gasteiger partial charge in [-0.05, 0) is 45.0 Å². The Balaban J connectivity index is 2.04. The maximum Gasteiger partial charge on any atom is 0.251 e. The lowest BCUT2D eigenvalue weighted by Gasteiger charge is -2.37. The third kappa shape index (κ3) is 3.08. The van der Waals surface area contributed by atoms with Gasteiger partial charge in [0.25, 0.3) is 5.91 Å². The molecule has 2 N–H and O–H groups in total. The van der Waals surface area contributed by atoms with Crippen LogP contribution in [0.3, 0.4) is 0 Å². The Kier molecular flexibility index (Phi) is 4.35. The third-order valence-corrected chi connectivity index (χ3v) is 4.62. The summed E-state index contributed by atoms with van der Waals surface area (Å²) in [6.07, 6.45) is 2.01. The molecule has 1 amide bonds. The Labute approximate surface area is 140 Å². The van der Waals surface area contributed by atoms with Crippen molar-refractivity contribution in [1.82, 2.24) is 15.5 Å². The molecule has 122 valence electrons. The van der Waals surface area contributed by atoms with Gasteiger partial charge in [-0.3, -0.25) is 4.79 Å². The maximum atomic E-state index is 14.3. The standard InChI is InChI=1S/C17H20FN3OS/c1-3-21-10(2)14(16(22)19-11-8-9-11)15(20-17(21)23)12-6-4-5-7-13(12)18/h4-7,11,15H,3,8-9H2,1-2H3,(H,19,22)(H,20,23)/t15-/m1/s1. The highest BCUT2D eigenvalue weighted by molar-refractivity contribution is 7.80. The fourth-order valence-corrected chi connectivity index (χ4v) is 3.27. The molecule has 23 heavy (non-hydrogen) atoms. The molecule has 6 heteroatoms. The van der Waals surface area contributed by atoms with E-state index in [-0.39, 0.29) is 17.8 Å². The molecule has 1 aliphatic heterocycles. The number of rotatable bonds is 4. The lowest BCUT2D eigenvalue weighted by atomic mass is 9.94. The summed E-state index contributed by atoms with van der Waals surface area (Å²) < 4.78 is 14.3. The smallest absolute Gasteiger partial charge is 0.251 e. The van der Waals surface area contributed by atoms with Crippen LogP contribution in [-0.2, 0) is 4.79 Å². The van der Waals surface area contributed by atoms with Gasteiger partial charge in [0.05, 0.1) is 11.6 Å². The number of nitrogens with one attached hydrogen (secondary N) is 2. The summed E-state index contributed by atoms with van der Waals surface area (Å²) in [6, 6.07) is 6.17. The van der Waals surface area contributed by atoms with Crippen LogP contribution in [0.15, 0.2) is 35.5 Å². The molecule has 0 saturated heterocycles. The number of hydrogen-bond donors (Lipinski definition) is 2. The van der Waals surface area contributed by atoms with Crippen molar-refractivity contribution >= 4 is 23.2 Å². The molecule has 0 spiro atoms. The van der Waals surface area contributed by atoms with Gasteiger partial charge in [0.2, 0.25) is 0 Å². The van der Waals surface area contributed by atoms with Gasteiger partial charge >= 0.3 is 0 Å². The van der Waals surface area contributed by atoms with Crippen molar-refractivity contribution in [2.45, 2.75) is 38.8 Å². The summed E-state index contributed by atoms with van der Waals surface area (Å²) in [5.74, 6) is -0.492. The number of benzene rings is 1. The fraction of sp³-hybridized carbons (Fsp3) is 0.412. The van der Waals surface area contributed by atoms with Gasteiger partial charge in [-0.1, -0.05) is 18.2 Å². The van der Waals surface area contributed by atoms with E-state index in [1.807, 2.05) is 18.7 Å². The van der Waals surface area contributed by atoms with E-state index in [0.29, 0.717) is 22.8 Å². The van der Waals surface area contributed by atoms with Crippen LogP contribution in [-0.4, -0.2) is 28.5 Å². The first-order valence-corrected chi connectivity index (χ1v) is 8.27. The molecule has 1 aromatic carbocycles. The van der Waals surface area contributed by atoms with Crippen LogP contribution in [0.5, 0.6) is 0 Å². The zero-order valence-electron chi connectivity index (χ0n) is 13.2. The molecular formula is C17H20FN3OS. The second-order valence-corrected chi connectivity index (χ2v) is 6.28. The van der Waals surface area contributed by atoms with Crippen LogP contribution in [0.2, 0.25) is 0 Å². The molecule has 1 atom stereocenters. The molecular weight excluding hydrogens is 313 g/mol. The normalized spacial score (nSPS) is 21.3. The Morgan fingerprint density at radius 3 is 2.74 bits per heavy atom. The largest absolute Gasteiger partial charge is 0.351 e. The molecule has 0 radical (unpaired) electrons. The van der Waals surface area contributed by atoms with E-state index in [1.165, 1.54) is 6.07 Å². The SMILES string of the molecule is CCN1C(=S)N[C@H](c2ccccc2F)C(C(=O)NC2CC2)=C1C. The molecule has 1 fully saturated rings. The first-order chi connectivity index (χ1) is 11.0. The van der Waals surface area contributed by atoms with Crippen molar-refractivity contribution in [3.05, 3.63) is 46.9 Å². The molecule has 1 heterocycles. The summed E-state index contributed by atoms with van der Waals surface area (Å²) in [7, 11) is 0. The van der Waals surface area contributed by atoms with Gasteiger partial charge in [-0.2, -0.15) is 0 Å². The minimum Gasteiger partial charge on any atom is -0.351 e. The van der Waals surface area contributed by atoms with Gasteiger partial charge < -0.3 is 15.5 Å². The molecule has 0 bridgehead atoms. The van der Waals surface area contributed by atoms with Crippen molar-refractivity contribution in [3.8, 4) is 0 Å². The van der Waals surface area contributed by atoms with Gasteiger partial charge in [0, 0.05) is 23.8 Å². The van der Waals surface area contributed by atoms with E-state index in [4.69, 9.17) is 12.2 Å². The van der Waals surface area contributed by atoms with Gasteiger partial charge in [-0.15, -0.1) is 0 Å². The molecule has 2 aliphatic rings. The Morgan fingerprint density at radius 1 is 1.43 bits per heavy atom. The minimum absolute atomic E-state index is 0.147. The average molecular weight is 333 g/mol. The lowest BCUT2D eigenvalue weighted by molar-refractivity contribution is -0.118. The van der Waals surface area contributed by atoms with E-state index < -0.39 is 6.04 Å². The Morgan fingerprint density at radius 2 is 2.13 bits per heavy atom. The summed E-state index contributed by atoms with van der Waals surface area (Å²) in [6.45, 7) is 4.49. The molecule has 1 aliphatic carbocycles. The molecule has 1 aromatic rings. The van der Waals surface area contributed by atoms with Crippen LogP contribution in [0.1, 0.15) is 38.3 Å². The average Bonchev–Trinajstić information content (AvgIpc) is 3.31. The van der Waals surface area contributed by atoms with Crippen LogP contribution < -0.4 is 10.6 Å². The third-order valence-electron chi connectivity index (χ3n) is 4.29. The zero-order valence-corrected chi connectivity index (χ0v) is 14.0. The van der Waals surface area contributed by atoms with Crippen molar-refractivity contribution < 1.29 is 9.18 Å². The fourth-order valence-electron chi connectivity index (χ4n) is 2.89. The monoisotopic (exact) mass is 333 g/mol. The van der Waals surface area contributed by atoms with E-state index >= 15 is 0 Å². The van der Waals surface area contributed by atoms with Crippen molar-refractivity contribution in [2.24, 2.45) is 0 Å². The van der Waals surface area contributed by atoms with Crippen LogP contribution in [0.4, 0.5) is 4.39 Å². The van der Waals surface area contributed by atoms with Crippen molar-refractivity contribution in [3.63, 3.8) is 0 Å². The van der Waals surface area contributed by atoms with E-state index in [0.717, 1.165) is 18.5 Å². The van der Waals surface area contributed by atoms with Crippen molar-refractivity contribution in [2.75, 3.05) is 6.54 Å². The predicted octanol–water partition coefficient (Wildman–Crippen LogP) is 2.63. The number of carbonyl (C=O) groups is 1. The molecule has 0 aromatic heterocycles. The maximum absolute atomic E-state index is 14.3. The van der Waals surface area contributed by atoms with Gasteiger partial charge in [0.1, 0.15) is 5.82 Å². The number of carbonyl (C=O) groups excluding carboxylic acids is 1. The number of nitrogens with zero attached hydrogens (tertiary/aromatic N) is 1. The van der Waals surface area contributed by atoms with Crippen LogP contribution >= 0.6 is 12.2 Å². The predicted molar refractivity (Wildman–Crippen MR) is 91.1 cm³/mol. The first-order valence-electron chi connectivity index (χ1n) is 7.87. The number of thiocarbonyl (C=S) groups is 1. The molecule has 1 saturated carbocycles. The molecule has 4 nitrogen and oxygen atoms in total. The van der Waals surface area contributed by atoms with Crippen molar-refractivity contribution in [1.29, 1.82) is 0 Å². The minimum atomic E-state index is -0.565. The zero-order chi connectivity index (χ0) is 16.6. The van der Waals surface area contributed by atoms with E-state index in [2.05, 4.69) is 10.6 Å². The van der Waals surface area contributed by atoms with E-state index in [1.54, 1.807) is 18.2 Å². The Hall–Kier alpha value is -1.95. The summed E-state index contributed by atoms with van der Waals surface area (Å²) >= 11 is 5.39. The summed E-state index contributed by atoms with van der Waals surface area (Å²) in [4.78, 5) is 14.6. The van der Waals surface area contributed by atoms with Gasteiger partial charge in [-0.25, -0.2) is 4.39 Å². The lowest BCUT2D eigenvalue weighted by Crippen LogP contribution is -2.49. The highest BCUT2D eigenvalue weighted by Gasteiger charge is 2.36. The molecule has 3 rings (SSSR count). The number of amides is 1. The summed E-state index contributed by atoms with van der Waals surface area (Å²) in [5, 5.41) is 6.65. The second-order valence-electron chi connectivity index (χ2n) is 5.90. The van der Waals surface area contributed by atoms with E-state index in [9.17, 15) is 9.18 Å². The quantitative estimate of drug-likeness (QED) is 0.832. The summed E-state index contributed by atoms with van der Waals surface area (Å²) in [5.41, 5.74) is 1.76. The van der Waals surface area contributed by atoms with Crippen LogP contribution in [0, 0.1) is 5.82 Å². The number of halogens is 1.